The van der Waals surface area contributed by atoms with Gasteiger partial charge in [0.05, 0.1) is 18.5 Å². The Labute approximate surface area is 84.7 Å². The first-order valence-corrected chi connectivity index (χ1v) is 6.39. The van der Waals surface area contributed by atoms with Crippen molar-refractivity contribution in [1.82, 2.24) is 4.31 Å². The fourth-order valence-corrected chi connectivity index (χ4v) is 2.50. The maximum absolute atomic E-state index is 11.2. The number of aliphatic hydroxyl groups is 1. The summed E-state index contributed by atoms with van der Waals surface area (Å²) in [4.78, 5) is 0. The number of methoxy groups -OCH3 is 1. The lowest BCUT2D eigenvalue weighted by molar-refractivity contribution is -0.0799. The van der Waals surface area contributed by atoms with Crippen LogP contribution in [0.5, 0.6) is 0 Å². The molecule has 0 spiro atoms. The van der Waals surface area contributed by atoms with E-state index >= 15 is 0 Å². The second-order valence-corrected chi connectivity index (χ2v) is 5.69. The van der Waals surface area contributed by atoms with Crippen molar-refractivity contribution < 1.29 is 18.3 Å². The highest BCUT2D eigenvalue weighted by Gasteiger charge is 2.36. The summed E-state index contributed by atoms with van der Waals surface area (Å²) in [5.41, 5.74) is -0.540. The van der Waals surface area contributed by atoms with Gasteiger partial charge in [0, 0.05) is 20.2 Å². The molecule has 0 radical (unpaired) electrons. The normalized spacial score (nSPS) is 23.6. The molecule has 1 heterocycles. The van der Waals surface area contributed by atoms with Crippen LogP contribution in [0.3, 0.4) is 0 Å². The van der Waals surface area contributed by atoms with Crippen LogP contribution in [0.25, 0.3) is 0 Å². The van der Waals surface area contributed by atoms with Crippen molar-refractivity contribution in [3.8, 4) is 0 Å². The lowest BCUT2D eigenvalue weighted by Crippen LogP contribution is -2.49. The fourth-order valence-electron chi connectivity index (χ4n) is 1.65. The van der Waals surface area contributed by atoms with Gasteiger partial charge in [-0.15, -0.1) is 0 Å². The SMILES string of the molecule is COC1(CO)CCN(S(C)(=O)=O)CC1. The lowest BCUT2D eigenvalue weighted by Gasteiger charge is -2.38. The van der Waals surface area contributed by atoms with Gasteiger partial charge in [0.25, 0.3) is 0 Å². The third kappa shape index (κ3) is 2.44. The smallest absolute Gasteiger partial charge is 0.211 e. The van der Waals surface area contributed by atoms with E-state index in [1.165, 1.54) is 10.6 Å². The molecule has 1 aliphatic heterocycles. The van der Waals surface area contributed by atoms with Crippen LogP contribution in [-0.2, 0) is 14.8 Å². The number of piperidine rings is 1. The Morgan fingerprint density at radius 2 is 1.93 bits per heavy atom. The summed E-state index contributed by atoms with van der Waals surface area (Å²) in [7, 11) is -1.55. The molecule has 5 nitrogen and oxygen atoms in total. The van der Waals surface area contributed by atoms with Crippen molar-refractivity contribution in [2.24, 2.45) is 0 Å². The molecule has 6 heteroatoms. The standard InChI is InChI=1S/C8H17NO4S/c1-13-8(7-10)3-5-9(6-4-8)14(2,11)12/h10H,3-7H2,1-2H3. The van der Waals surface area contributed by atoms with Crippen molar-refractivity contribution in [1.29, 1.82) is 0 Å². The highest BCUT2D eigenvalue weighted by Crippen LogP contribution is 2.26. The lowest BCUT2D eigenvalue weighted by atomic mass is 9.93. The van der Waals surface area contributed by atoms with Crippen molar-refractivity contribution in [2.45, 2.75) is 18.4 Å². The van der Waals surface area contributed by atoms with Crippen LogP contribution < -0.4 is 0 Å². The summed E-state index contributed by atoms with van der Waals surface area (Å²) in [5, 5.41) is 9.14. The van der Waals surface area contributed by atoms with Crippen molar-refractivity contribution >= 4 is 10.0 Å². The highest BCUT2D eigenvalue weighted by molar-refractivity contribution is 7.88. The van der Waals surface area contributed by atoms with Gasteiger partial charge in [-0.1, -0.05) is 0 Å². The number of aliphatic hydroxyl groups excluding tert-OH is 1. The van der Waals surface area contributed by atoms with Crippen LogP contribution in [0.1, 0.15) is 12.8 Å². The Bertz CT molecular complexity index is 274. The molecule has 0 aromatic rings. The maximum Gasteiger partial charge on any atom is 0.211 e. The van der Waals surface area contributed by atoms with Crippen LogP contribution in [-0.4, -0.2) is 56.5 Å². The average Bonchev–Trinajstić information content (AvgIpc) is 2.16. The first kappa shape index (κ1) is 11.9. The Morgan fingerprint density at radius 3 is 2.21 bits per heavy atom. The third-order valence-corrected chi connectivity index (χ3v) is 4.13. The van der Waals surface area contributed by atoms with Gasteiger partial charge in [0.2, 0.25) is 10.0 Å². The van der Waals surface area contributed by atoms with Gasteiger partial charge in [-0.25, -0.2) is 12.7 Å². The molecule has 0 aromatic heterocycles. The minimum Gasteiger partial charge on any atom is -0.393 e. The fraction of sp³-hybridized carbons (Fsp3) is 1.00. The molecule has 1 N–H and O–H groups in total. The summed E-state index contributed by atoms with van der Waals surface area (Å²) in [6, 6.07) is 0. The topological polar surface area (TPSA) is 66.8 Å². The molecule has 0 atom stereocenters. The molecule has 0 unspecified atom stereocenters. The van der Waals surface area contributed by atoms with Crippen LogP contribution in [0.2, 0.25) is 0 Å². The number of hydrogen-bond donors (Lipinski definition) is 1. The monoisotopic (exact) mass is 223 g/mol. The molecular formula is C8H17NO4S. The predicted octanol–water partition coefficient (Wildman–Crippen LogP) is -0.581. The molecule has 1 saturated heterocycles. The Kier molecular flexibility index (Phi) is 3.52. The second-order valence-electron chi connectivity index (χ2n) is 3.71. The van der Waals surface area contributed by atoms with Crippen LogP contribution in [0.4, 0.5) is 0 Å². The van der Waals surface area contributed by atoms with E-state index in [-0.39, 0.29) is 6.61 Å². The van der Waals surface area contributed by atoms with Gasteiger partial charge >= 0.3 is 0 Å². The molecule has 1 fully saturated rings. The molecule has 1 aliphatic rings. The average molecular weight is 223 g/mol. The van der Waals surface area contributed by atoms with Crippen molar-refractivity contribution in [2.75, 3.05) is 33.1 Å². The van der Waals surface area contributed by atoms with Gasteiger partial charge in [0.1, 0.15) is 0 Å². The van der Waals surface area contributed by atoms with E-state index in [0.717, 1.165) is 0 Å². The molecular weight excluding hydrogens is 206 g/mol. The summed E-state index contributed by atoms with van der Waals surface area (Å²) in [6.07, 6.45) is 2.30. The van der Waals surface area contributed by atoms with Crippen molar-refractivity contribution in [3.63, 3.8) is 0 Å². The van der Waals surface area contributed by atoms with Gasteiger partial charge in [0.15, 0.2) is 0 Å². The second kappa shape index (κ2) is 4.14. The number of nitrogens with zero attached hydrogens (tertiary/aromatic N) is 1. The zero-order valence-electron chi connectivity index (χ0n) is 8.56. The van der Waals surface area contributed by atoms with E-state index in [9.17, 15) is 8.42 Å². The molecule has 1 rings (SSSR count). The van der Waals surface area contributed by atoms with E-state index in [2.05, 4.69) is 0 Å². The van der Waals surface area contributed by atoms with Gasteiger partial charge < -0.3 is 9.84 Å². The van der Waals surface area contributed by atoms with Crippen molar-refractivity contribution in [3.05, 3.63) is 0 Å². The number of rotatable bonds is 3. The molecule has 14 heavy (non-hydrogen) atoms. The minimum atomic E-state index is -3.10. The molecule has 84 valence electrons. The number of ether oxygens (including phenoxy) is 1. The summed E-state index contributed by atoms with van der Waals surface area (Å²) >= 11 is 0. The van der Waals surface area contributed by atoms with Gasteiger partial charge in [-0.2, -0.15) is 0 Å². The summed E-state index contributed by atoms with van der Waals surface area (Å²) < 4.78 is 29.0. The molecule has 0 aromatic carbocycles. The number of hydrogen-bond acceptors (Lipinski definition) is 4. The largest absolute Gasteiger partial charge is 0.393 e. The Balaban J connectivity index is 2.62. The summed E-state index contributed by atoms with van der Waals surface area (Å²) in [6.45, 7) is 0.793. The first-order valence-electron chi connectivity index (χ1n) is 4.55. The Hall–Kier alpha value is -0.170. The third-order valence-electron chi connectivity index (χ3n) is 2.82. The van der Waals surface area contributed by atoms with Gasteiger partial charge in [-0.05, 0) is 12.8 Å². The highest BCUT2D eigenvalue weighted by atomic mass is 32.2. The first-order chi connectivity index (χ1) is 6.43. The predicted molar refractivity (Wildman–Crippen MR) is 52.5 cm³/mol. The Morgan fingerprint density at radius 1 is 1.43 bits per heavy atom. The van der Waals surface area contributed by atoms with Gasteiger partial charge in [-0.3, -0.25) is 0 Å². The quantitative estimate of drug-likeness (QED) is 0.695. The van der Waals surface area contributed by atoms with Crippen LogP contribution in [0, 0.1) is 0 Å². The van der Waals surface area contributed by atoms with E-state index in [1.807, 2.05) is 0 Å². The van der Waals surface area contributed by atoms with Crippen LogP contribution >= 0.6 is 0 Å². The summed E-state index contributed by atoms with van der Waals surface area (Å²) in [5.74, 6) is 0. The van der Waals surface area contributed by atoms with E-state index in [0.29, 0.717) is 25.9 Å². The zero-order chi connectivity index (χ0) is 10.8. The minimum absolute atomic E-state index is 0.0545. The molecule has 0 amide bonds. The van der Waals surface area contributed by atoms with E-state index in [1.54, 1.807) is 7.11 Å². The molecule has 0 bridgehead atoms. The zero-order valence-corrected chi connectivity index (χ0v) is 9.38. The van der Waals surface area contributed by atoms with Crippen LogP contribution in [0.15, 0.2) is 0 Å². The molecule has 0 saturated carbocycles. The van der Waals surface area contributed by atoms with E-state index in [4.69, 9.17) is 9.84 Å². The number of sulfonamides is 1. The van der Waals surface area contributed by atoms with E-state index < -0.39 is 15.6 Å². The molecule has 0 aliphatic carbocycles. The maximum atomic E-state index is 11.2.